The van der Waals surface area contributed by atoms with E-state index >= 15 is 0 Å². The number of ether oxygens (including phenoxy) is 2. The van der Waals surface area contributed by atoms with Crippen molar-refractivity contribution in [3.63, 3.8) is 0 Å². The number of hydrogen-bond donors (Lipinski definition) is 2. The Bertz CT molecular complexity index is 967. The van der Waals surface area contributed by atoms with Gasteiger partial charge in [0.2, 0.25) is 5.88 Å². The SMILES string of the molecule is CN1CCOC(CONC(=O)c2c(N)nc(-c3cccc(C#N)c3)nc2OCCF)C1. The van der Waals surface area contributed by atoms with Crippen molar-refractivity contribution in [1.82, 2.24) is 20.3 Å². The van der Waals surface area contributed by atoms with Crippen LogP contribution < -0.4 is 16.0 Å². The number of nitrogens with two attached hydrogens (primary N) is 1. The van der Waals surface area contributed by atoms with Crippen molar-refractivity contribution < 1.29 is 23.5 Å². The molecule has 2 aromatic rings. The van der Waals surface area contributed by atoms with E-state index in [0.29, 0.717) is 24.3 Å². The van der Waals surface area contributed by atoms with Gasteiger partial charge >= 0.3 is 0 Å². The van der Waals surface area contributed by atoms with E-state index in [-0.39, 0.29) is 42.4 Å². The maximum atomic E-state index is 12.7. The molecule has 1 aromatic heterocycles. The molecule has 2 heterocycles. The van der Waals surface area contributed by atoms with E-state index < -0.39 is 12.6 Å². The second-order valence-corrected chi connectivity index (χ2v) is 6.84. The first-order chi connectivity index (χ1) is 15.0. The molecule has 0 bridgehead atoms. The number of likely N-dealkylation sites (N-methyl/N-ethyl adjacent to an activating group) is 1. The molecule has 1 saturated heterocycles. The number of nitrogens with zero attached hydrogens (tertiary/aromatic N) is 4. The first-order valence-electron chi connectivity index (χ1n) is 9.61. The minimum atomic E-state index is -0.784. The topological polar surface area (TPSA) is 136 Å². The molecule has 1 amide bonds. The van der Waals surface area contributed by atoms with Crippen LogP contribution in [-0.4, -0.2) is 73.5 Å². The lowest BCUT2D eigenvalue weighted by Gasteiger charge is -2.29. The van der Waals surface area contributed by atoms with Crippen LogP contribution in [0.5, 0.6) is 5.88 Å². The van der Waals surface area contributed by atoms with Crippen molar-refractivity contribution in [2.45, 2.75) is 6.10 Å². The maximum Gasteiger partial charge on any atom is 0.284 e. The van der Waals surface area contributed by atoms with Crippen molar-refractivity contribution in [2.24, 2.45) is 0 Å². The van der Waals surface area contributed by atoms with Crippen LogP contribution in [0.4, 0.5) is 10.2 Å². The summed E-state index contributed by atoms with van der Waals surface area (Å²) in [5, 5.41) is 9.08. The van der Waals surface area contributed by atoms with Crippen molar-refractivity contribution in [3.05, 3.63) is 35.4 Å². The zero-order valence-corrected chi connectivity index (χ0v) is 17.0. The largest absolute Gasteiger partial charge is 0.474 e. The standard InChI is InChI=1S/C20H23FN6O4/c1-27-6-8-29-15(11-27)12-31-26-19(28)16-17(23)24-18(25-20(16)30-7-5-21)14-4-2-3-13(9-14)10-22/h2-4,9,15H,5-8,11-12H2,1H3,(H,26,28)(H2,23,24,25). The van der Waals surface area contributed by atoms with Gasteiger partial charge in [0.25, 0.3) is 5.91 Å². The van der Waals surface area contributed by atoms with Gasteiger partial charge in [0, 0.05) is 18.7 Å². The molecule has 11 heteroatoms. The van der Waals surface area contributed by atoms with Gasteiger partial charge in [0.15, 0.2) is 5.82 Å². The summed E-state index contributed by atoms with van der Waals surface area (Å²) >= 11 is 0. The van der Waals surface area contributed by atoms with Gasteiger partial charge in [-0.1, -0.05) is 12.1 Å². The minimum Gasteiger partial charge on any atom is -0.474 e. The quantitative estimate of drug-likeness (QED) is 0.586. The summed E-state index contributed by atoms with van der Waals surface area (Å²) in [6.07, 6.45) is -0.190. The lowest BCUT2D eigenvalue weighted by atomic mass is 10.1. The van der Waals surface area contributed by atoms with E-state index in [4.69, 9.17) is 25.3 Å². The van der Waals surface area contributed by atoms with Gasteiger partial charge in [-0.2, -0.15) is 10.2 Å². The Kier molecular flexibility index (Phi) is 7.66. The Hall–Kier alpha value is -3.33. The average Bonchev–Trinajstić information content (AvgIpc) is 2.77. The third-order valence-electron chi connectivity index (χ3n) is 4.47. The van der Waals surface area contributed by atoms with Crippen LogP contribution in [0.15, 0.2) is 24.3 Å². The fraction of sp³-hybridized carbons (Fsp3) is 0.400. The number of hydroxylamine groups is 1. The first-order valence-corrected chi connectivity index (χ1v) is 9.61. The number of halogens is 1. The molecule has 0 radical (unpaired) electrons. The summed E-state index contributed by atoms with van der Waals surface area (Å²) in [6.45, 7) is 1.11. The van der Waals surface area contributed by atoms with E-state index in [1.165, 1.54) is 0 Å². The molecule has 1 aliphatic rings. The Labute approximate surface area is 178 Å². The number of amides is 1. The number of hydrogen-bond acceptors (Lipinski definition) is 9. The van der Waals surface area contributed by atoms with Gasteiger partial charge in [-0.05, 0) is 19.2 Å². The summed E-state index contributed by atoms with van der Waals surface area (Å²) < 4.78 is 23.6. The molecular weight excluding hydrogens is 407 g/mol. The van der Waals surface area contributed by atoms with Crippen molar-refractivity contribution in [2.75, 3.05) is 52.4 Å². The summed E-state index contributed by atoms with van der Waals surface area (Å²) in [5.41, 5.74) is 9.01. The van der Waals surface area contributed by atoms with Gasteiger partial charge < -0.3 is 20.1 Å². The summed E-state index contributed by atoms with van der Waals surface area (Å²) in [6, 6.07) is 8.55. The van der Waals surface area contributed by atoms with Crippen LogP contribution in [0, 0.1) is 11.3 Å². The molecule has 1 fully saturated rings. The van der Waals surface area contributed by atoms with Crippen molar-refractivity contribution >= 4 is 11.7 Å². The average molecular weight is 430 g/mol. The Morgan fingerprint density at radius 1 is 1.48 bits per heavy atom. The van der Waals surface area contributed by atoms with E-state index in [1.807, 2.05) is 13.1 Å². The number of rotatable bonds is 8. The molecule has 0 spiro atoms. The molecular formula is C20H23FN6O4. The number of carbonyl (C=O) groups is 1. The highest BCUT2D eigenvalue weighted by molar-refractivity contribution is 6.00. The number of alkyl halides is 1. The molecule has 1 atom stereocenters. The Morgan fingerprint density at radius 2 is 2.32 bits per heavy atom. The molecule has 31 heavy (non-hydrogen) atoms. The molecule has 1 aliphatic heterocycles. The number of aromatic nitrogens is 2. The number of nitrogen functional groups attached to an aromatic ring is 1. The van der Waals surface area contributed by atoms with Gasteiger partial charge in [-0.15, -0.1) is 0 Å². The fourth-order valence-corrected chi connectivity index (χ4v) is 2.99. The van der Waals surface area contributed by atoms with Crippen molar-refractivity contribution in [1.29, 1.82) is 5.26 Å². The van der Waals surface area contributed by atoms with Crippen LogP contribution in [0.3, 0.4) is 0 Å². The van der Waals surface area contributed by atoms with Gasteiger partial charge in [0.1, 0.15) is 31.3 Å². The Balaban J connectivity index is 1.77. The number of nitriles is 1. The van der Waals surface area contributed by atoms with Crippen LogP contribution in [0.1, 0.15) is 15.9 Å². The zero-order valence-electron chi connectivity index (χ0n) is 17.0. The van der Waals surface area contributed by atoms with E-state index in [9.17, 15) is 9.18 Å². The fourth-order valence-electron chi connectivity index (χ4n) is 2.99. The summed E-state index contributed by atoms with van der Waals surface area (Å²) in [4.78, 5) is 28.4. The molecule has 1 aromatic carbocycles. The van der Waals surface area contributed by atoms with Gasteiger partial charge in [-0.3, -0.25) is 9.63 Å². The predicted molar refractivity (Wildman–Crippen MR) is 109 cm³/mol. The summed E-state index contributed by atoms with van der Waals surface area (Å²) in [7, 11) is 1.97. The van der Waals surface area contributed by atoms with Gasteiger partial charge in [0.05, 0.1) is 24.3 Å². The first kappa shape index (κ1) is 22.4. The van der Waals surface area contributed by atoms with E-state index in [0.717, 1.165) is 6.54 Å². The van der Waals surface area contributed by atoms with E-state index in [1.54, 1.807) is 24.3 Å². The van der Waals surface area contributed by atoms with Crippen LogP contribution >= 0.6 is 0 Å². The lowest BCUT2D eigenvalue weighted by Crippen LogP contribution is -2.43. The molecule has 1 unspecified atom stereocenters. The minimum absolute atomic E-state index is 0.135. The van der Waals surface area contributed by atoms with E-state index in [2.05, 4.69) is 20.3 Å². The number of carbonyl (C=O) groups excluding carboxylic acids is 1. The predicted octanol–water partition coefficient (Wildman–Crippen LogP) is 0.938. The second-order valence-electron chi connectivity index (χ2n) is 6.84. The van der Waals surface area contributed by atoms with Crippen molar-refractivity contribution in [3.8, 4) is 23.3 Å². The highest BCUT2D eigenvalue weighted by atomic mass is 19.1. The number of benzene rings is 1. The molecule has 0 aliphatic carbocycles. The second kappa shape index (κ2) is 10.6. The van der Waals surface area contributed by atoms with Gasteiger partial charge in [-0.25, -0.2) is 14.9 Å². The number of morpholine rings is 1. The highest BCUT2D eigenvalue weighted by Crippen LogP contribution is 2.26. The van der Waals surface area contributed by atoms with Crippen LogP contribution in [0.2, 0.25) is 0 Å². The molecule has 3 rings (SSSR count). The maximum absolute atomic E-state index is 12.7. The Morgan fingerprint density at radius 3 is 3.06 bits per heavy atom. The molecule has 0 saturated carbocycles. The number of anilines is 1. The lowest BCUT2D eigenvalue weighted by molar-refractivity contribution is -0.0794. The van der Waals surface area contributed by atoms with Crippen LogP contribution in [0.25, 0.3) is 11.4 Å². The normalized spacial score (nSPS) is 16.5. The zero-order chi connectivity index (χ0) is 22.2. The highest BCUT2D eigenvalue weighted by Gasteiger charge is 2.23. The monoisotopic (exact) mass is 430 g/mol. The summed E-state index contributed by atoms with van der Waals surface area (Å²) in [5.74, 6) is -0.944. The number of nitrogens with one attached hydrogen (secondary N) is 1. The third kappa shape index (κ3) is 5.85. The molecule has 10 nitrogen and oxygen atoms in total. The molecule has 3 N–H and O–H groups in total. The smallest absolute Gasteiger partial charge is 0.284 e. The third-order valence-corrected chi connectivity index (χ3v) is 4.47. The van der Waals surface area contributed by atoms with Crippen LogP contribution in [-0.2, 0) is 9.57 Å². The molecule has 164 valence electrons.